The van der Waals surface area contributed by atoms with Crippen molar-refractivity contribution in [2.45, 2.75) is 12.7 Å². The molecule has 3 nitrogen and oxygen atoms in total. The Labute approximate surface area is 131 Å². The molecule has 1 N–H and O–H groups in total. The highest BCUT2D eigenvalue weighted by molar-refractivity contribution is 7.83. The lowest BCUT2D eigenvalue weighted by Gasteiger charge is -2.12. The number of carbonyl (C=O) groups excluding carboxylic acids is 1. The summed E-state index contributed by atoms with van der Waals surface area (Å²) in [6.45, 7) is 1.91. The number of hydrogen-bond donors (Lipinski definition) is 1. The summed E-state index contributed by atoms with van der Waals surface area (Å²) in [5.74, 6) is 0.222. The predicted molar refractivity (Wildman–Crippen MR) is 88.4 cm³/mol. The molecule has 0 aliphatic carbocycles. The molecular formula is C16H16ClNO2S. The van der Waals surface area contributed by atoms with Gasteiger partial charge in [0.25, 0.3) is 5.91 Å². The van der Waals surface area contributed by atoms with E-state index in [1.165, 1.54) is 0 Å². The van der Waals surface area contributed by atoms with Crippen molar-refractivity contribution in [3.63, 3.8) is 0 Å². The predicted octanol–water partition coefficient (Wildman–Crippen LogP) is 3.78. The third-order valence-corrected chi connectivity index (χ3v) is 4.22. The number of rotatable bonds is 4. The Kier molecular flexibility index (Phi) is 5.15. The minimum Gasteiger partial charge on any atom is -0.322 e. The van der Waals surface area contributed by atoms with Crippen LogP contribution in [0.1, 0.15) is 21.5 Å². The Hall–Kier alpha value is -1.65. The summed E-state index contributed by atoms with van der Waals surface area (Å²) in [4.78, 5) is 12.3. The van der Waals surface area contributed by atoms with E-state index in [1.807, 2.05) is 25.1 Å². The van der Waals surface area contributed by atoms with Gasteiger partial charge in [0.15, 0.2) is 0 Å². The summed E-state index contributed by atoms with van der Waals surface area (Å²) >= 11 is 6.02. The van der Waals surface area contributed by atoms with Crippen molar-refractivity contribution in [3.8, 4) is 0 Å². The molecule has 110 valence electrons. The molecule has 0 saturated carbocycles. The average Bonchev–Trinajstić information content (AvgIpc) is 2.43. The second kappa shape index (κ2) is 6.87. The van der Waals surface area contributed by atoms with Crippen molar-refractivity contribution < 1.29 is 9.00 Å². The number of hydrogen-bond acceptors (Lipinski definition) is 2. The number of benzene rings is 2. The third-order valence-electron chi connectivity index (χ3n) is 3.17. The minimum atomic E-state index is -0.921. The highest BCUT2D eigenvalue weighted by Crippen LogP contribution is 2.22. The van der Waals surface area contributed by atoms with Gasteiger partial charge in [-0.3, -0.25) is 9.00 Å². The first kappa shape index (κ1) is 15.7. The van der Waals surface area contributed by atoms with Crippen LogP contribution in [0.4, 0.5) is 5.69 Å². The molecule has 0 saturated heterocycles. The Morgan fingerprint density at radius 1 is 1.19 bits per heavy atom. The Bertz CT molecular complexity index is 700. The molecule has 1 amide bonds. The maximum atomic E-state index is 12.3. The minimum absolute atomic E-state index is 0.251. The molecule has 2 aromatic rings. The second-order valence-electron chi connectivity index (χ2n) is 4.74. The van der Waals surface area contributed by atoms with Crippen LogP contribution in [0.25, 0.3) is 0 Å². The van der Waals surface area contributed by atoms with Gasteiger partial charge in [0, 0.05) is 28.5 Å². The highest BCUT2D eigenvalue weighted by Gasteiger charge is 2.12. The summed E-state index contributed by atoms with van der Waals surface area (Å²) in [6, 6.07) is 12.5. The molecule has 0 aliphatic rings. The van der Waals surface area contributed by atoms with E-state index in [1.54, 1.807) is 30.5 Å². The fraction of sp³-hybridized carbons (Fsp3) is 0.188. The van der Waals surface area contributed by atoms with E-state index in [-0.39, 0.29) is 5.91 Å². The average molecular weight is 322 g/mol. The molecule has 5 heteroatoms. The van der Waals surface area contributed by atoms with Crippen molar-refractivity contribution in [1.82, 2.24) is 0 Å². The highest BCUT2D eigenvalue weighted by atomic mass is 35.5. The topological polar surface area (TPSA) is 46.2 Å². The van der Waals surface area contributed by atoms with Crippen LogP contribution in [0, 0.1) is 6.92 Å². The Morgan fingerprint density at radius 2 is 1.90 bits per heavy atom. The monoisotopic (exact) mass is 321 g/mol. The summed E-state index contributed by atoms with van der Waals surface area (Å²) in [6.07, 6.45) is 1.66. The molecule has 0 fully saturated rings. The van der Waals surface area contributed by atoms with Gasteiger partial charge in [0.05, 0.1) is 10.6 Å². The lowest BCUT2D eigenvalue weighted by atomic mass is 10.1. The van der Waals surface area contributed by atoms with Gasteiger partial charge in [-0.05, 0) is 36.2 Å². The summed E-state index contributed by atoms with van der Waals surface area (Å²) in [5.41, 5.74) is 3.03. The number of amides is 1. The largest absolute Gasteiger partial charge is 0.322 e. The van der Waals surface area contributed by atoms with Gasteiger partial charge >= 0.3 is 0 Å². The Morgan fingerprint density at radius 3 is 2.57 bits per heavy atom. The van der Waals surface area contributed by atoms with Gasteiger partial charge in [-0.1, -0.05) is 35.9 Å². The summed E-state index contributed by atoms with van der Waals surface area (Å²) in [7, 11) is -0.921. The van der Waals surface area contributed by atoms with Crippen molar-refractivity contribution >= 4 is 34.0 Å². The van der Waals surface area contributed by atoms with Gasteiger partial charge in [-0.15, -0.1) is 0 Å². The lowest BCUT2D eigenvalue weighted by Crippen LogP contribution is -2.14. The molecule has 2 aromatic carbocycles. The zero-order valence-corrected chi connectivity index (χ0v) is 13.4. The molecule has 0 bridgehead atoms. The molecule has 0 spiro atoms. The van der Waals surface area contributed by atoms with Crippen LogP contribution in [0.3, 0.4) is 0 Å². The number of halogens is 1. The molecule has 0 unspecified atom stereocenters. The van der Waals surface area contributed by atoms with Gasteiger partial charge in [-0.25, -0.2) is 0 Å². The van der Waals surface area contributed by atoms with Crippen LogP contribution in [0.2, 0.25) is 5.02 Å². The van der Waals surface area contributed by atoms with E-state index in [9.17, 15) is 9.00 Å². The smallest absolute Gasteiger partial charge is 0.257 e. The van der Waals surface area contributed by atoms with Crippen LogP contribution in [-0.4, -0.2) is 16.4 Å². The van der Waals surface area contributed by atoms with E-state index in [4.69, 9.17) is 11.6 Å². The number of anilines is 1. The fourth-order valence-electron chi connectivity index (χ4n) is 2.03. The van der Waals surface area contributed by atoms with Crippen molar-refractivity contribution in [3.05, 3.63) is 64.2 Å². The lowest BCUT2D eigenvalue weighted by molar-refractivity contribution is 0.102. The maximum absolute atomic E-state index is 12.3. The SMILES string of the molecule is Cc1c(C[S@@](C)=O)cccc1NC(=O)c1ccccc1Cl. The van der Waals surface area contributed by atoms with E-state index in [2.05, 4.69) is 5.32 Å². The van der Waals surface area contributed by atoms with Crippen LogP contribution in [0.5, 0.6) is 0 Å². The molecule has 0 aliphatic heterocycles. The third kappa shape index (κ3) is 3.93. The molecule has 0 radical (unpaired) electrons. The van der Waals surface area contributed by atoms with E-state index < -0.39 is 10.8 Å². The van der Waals surface area contributed by atoms with Crippen LogP contribution < -0.4 is 5.32 Å². The number of nitrogens with one attached hydrogen (secondary N) is 1. The van der Waals surface area contributed by atoms with Crippen LogP contribution in [-0.2, 0) is 16.6 Å². The molecule has 2 rings (SSSR count). The standard InChI is InChI=1S/C16H16ClNO2S/c1-11-12(10-21(2)20)6-5-9-15(11)18-16(19)13-7-3-4-8-14(13)17/h3-9H,10H2,1-2H3,(H,18,19)/t21-/m1/s1. The second-order valence-corrected chi connectivity index (χ2v) is 6.58. The fourth-order valence-corrected chi connectivity index (χ4v) is 3.00. The molecule has 1 atom stereocenters. The van der Waals surface area contributed by atoms with Gasteiger partial charge in [0.1, 0.15) is 0 Å². The number of carbonyl (C=O) groups is 1. The van der Waals surface area contributed by atoms with Crippen LogP contribution in [0.15, 0.2) is 42.5 Å². The van der Waals surface area contributed by atoms with E-state index in [0.29, 0.717) is 22.0 Å². The van der Waals surface area contributed by atoms with E-state index >= 15 is 0 Å². The maximum Gasteiger partial charge on any atom is 0.257 e. The quantitative estimate of drug-likeness (QED) is 0.931. The van der Waals surface area contributed by atoms with Gasteiger partial charge < -0.3 is 5.32 Å². The molecule has 0 aromatic heterocycles. The van der Waals surface area contributed by atoms with Crippen LogP contribution >= 0.6 is 11.6 Å². The normalized spacial score (nSPS) is 12.0. The molecular weight excluding hydrogens is 306 g/mol. The zero-order valence-electron chi connectivity index (χ0n) is 11.9. The first-order valence-electron chi connectivity index (χ1n) is 6.43. The van der Waals surface area contributed by atoms with Gasteiger partial charge in [-0.2, -0.15) is 0 Å². The Balaban J connectivity index is 2.26. The zero-order chi connectivity index (χ0) is 15.4. The summed E-state index contributed by atoms with van der Waals surface area (Å²) in [5, 5.41) is 3.27. The first-order valence-corrected chi connectivity index (χ1v) is 8.54. The first-order chi connectivity index (χ1) is 9.99. The van der Waals surface area contributed by atoms with Gasteiger partial charge in [0.2, 0.25) is 0 Å². The van der Waals surface area contributed by atoms with Crippen molar-refractivity contribution in [2.75, 3.05) is 11.6 Å². The molecule has 21 heavy (non-hydrogen) atoms. The van der Waals surface area contributed by atoms with Crippen molar-refractivity contribution in [2.24, 2.45) is 0 Å². The van der Waals surface area contributed by atoms with E-state index in [0.717, 1.165) is 11.1 Å². The summed E-state index contributed by atoms with van der Waals surface area (Å²) < 4.78 is 11.4. The van der Waals surface area contributed by atoms with Crippen molar-refractivity contribution in [1.29, 1.82) is 0 Å². The molecule has 0 heterocycles.